The predicted molar refractivity (Wildman–Crippen MR) is 97.9 cm³/mol. The zero-order chi connectivity index (χ0) is 18.2. The lowest BCUT2D eigenvalue weighted by atomic mass is 9.78. The first kappa shape index (κ1) is 18.8. The second kappa shape index (κ2) is 6.99. The summed E-state index contributed by atoms with van der Waals surface area (Å²) >= 11 is 6.50. The van der Waals surface area contributed by atoms with Crippen molar-refractivity contribution in [3.63, 3.8) is 0 Å². The number of rotatable bonds is 6. The van der Waals surface area contributed by atoms with Gasteiger partial charge in [0.15, 0.2) is 6.79 Å². The normalized spacial score (nSPS) is 21.9. The van der Waals surface area contributed by atoms with Gasteiger partial charge in [-0.3, -0.25) is 0 Å². The molecule has 138 valence electrons. The minimum Gasteiger partial charge on any atom is -0.489 e. The van der Waals surface area contributed by atoms with E-state index in [1.165, 1.54) is 6.42 Å². The van der Waals surface area contributed by atoms with Crippen LogP contribution in [0.1, 0.15) is 47.0 Å². The number of hydrogen-bond donors (Lipinski definition) is 0. The van der Waals surface area contributed by atoms with E-state index in [4.69, 9.17) is 35.1 Å². The summed E-state index contributed by atoms with van der Waals surface area (Å²) < 4.78 is 29.1. The molecule has 1 aromatic rings. The topological polar surface area (TPSA) is 46.2 Å². The van der Waals surface area contributed by atoms with E-state index in [9.17, 15) is 0 Å². The van der Waals surface area contributed by atoms with Crippen LogP contribution in [-0.2, 0) is 14.0 Å². The van der Waals surface area contributed by atoms with Crippen LogP contribution in [0.2, 0.25) is 5.02 Å². The lowest BCUT2D eigenvalue weighted by Crippen LogP contribution is -2.41. The first-order valence-corrected chi connectivity index (χ1v) is 9.09. The van der Waals surface area contributed by atoms with Gasteiger partial charge in [-0.1, -0.05) is 11.6 Å². The Morgan fingerprint density at radius 2 is 1.80 bits per heavy atom. The molecule has 1 saturated carbocycles. The molecule has 0 aromatic heterocycles. The van der Waals surface area contributed by atoms with Gasteiger partial charge in [0.1, 0.15) is 11.5 Å². The summed E-state index contributed by atoms with van der Waals surface area (Å²) in [5.41, 5.74) is -0.133. The molecule has 0 atom stereocenters. The molecule has 1 aliphatic heterocycles. The van der Waals surface area contributed by atoms with Gasteiger partial charge in [0.2, 0.25) is 0 Å². The Balaban J connectivity index is 1.94. The van der Waals surface area contributed by atoms with Crippen LogP contribution in [0.25, 0.3) is 0 Å². The monoisotopic (exact) mass is 368 g/mol. The van der Waals surface area contributed by atoms with Crippen LogP contribution in [0, 0.1) is 0 Å². The average Bonchev–Trinajstić information content (AvgIpc) is 2.70. The lowest BCUT2D eigenvalue weighted by molar-refractivity contribution is 0.00578. The summed E-state index contributed by atoms with van der Waals surface area (Å²) in [5, 5.41) is 0.491. The van der Waals surface area contributed by atoms with Crippen LogP contribution in [0.3, 0.4) is 0 Å². The van der Waals surface area contributed by atoms with Crippen molar-refractivity contribution in [2.75, 3.05) is 13.9 Å². The average molecular weight is 369 g/mol. The van der Waals surface area contributed by atoms with Gasteiger partial charge in [-0.15, -0.1) is 0 Å². The molecule has 0 N–H and O–H groups in total. The van der Waals surface area contributed by atoms with E-state index in [0.29, 0.717) is 16.5 Å². The molecule has 0 radical (unpaired) electrons. The molecule has 1 aromatic carbocycles. The number of methoxy groups -OCH3 is 1. The van der Waals surface area contributed by atoms with Crippen molar-refractivity contribution in [2.45, 2.75) is 64.3 Å². The van der Waals surface area contributed by atoms with Gasteiger partial charge in [0, 0.05) is 18.6 Å². The summed E-state index contributed by atoms with van der Waals surface area (Å²) in [6, 6.07) is 3.60. The summed E-state index contributed by atoms with van der Waals surface area (Å²) in [4.78, 5) is 0. The van der Waals surface area contributed by atoms with Gasteiger partial charge >= 0.3 is 7.12 Å². The third kappa shape index (κ3) is 3.77. The summed E-state index contributed by atoms with van der Waals surface area (Å²) in [6.07, 6.45) is 3.47. The molecule has 1 heterocycles. The maximum atomic E-state index is 6.50. The predicted octanol–water partition coefficient (Wildman–Crippen LogP) is 3.55. The maximum absolute atomic E-state index is 6.50. The standard InChI is InChI=1S/C18H26BClO5/c1-17(2)18(3,4)25-19(24-17)14-9-13(22-11-21-5)10-15(20)16(14)23-12-7-6-8-12/h9-10,12H,6-8,11H2,1-5H3. The van der Waals surface area contributed by atoms with E-state index in [0.717, 1.165) is 18.3 Å². The van der Waals surface area contributed by atoms with Crippen molar-refractivity contribution in [1.82, 2.24) is 0 Å². The summed E-state index contributed by atoms with van der Waals surface area (Å²) in [6.45, 7) is 8.22. The molecule has 2 aliphatic rings. The van der Waals surface area contributed by atoms with Crippen LogP contribution in [0.4, 0.5) is 0 Å². The highest BCUT2D eigenvalue weighted by atomic mass is 35.5. The summed E-state index contributed by atoms with van der Waals surface area (Å²) in [7, 11) is 1.01. The van der Waals surface area contributed by atoms with Crippen LogP contribution in [-0.4, -0.2) is 38.3 Å². The van der Waals surface area contributed by atoms with Crippen molar-refractivity contribution in [3.05, 3.63) is 17.2 Å². The largest absolute Gasteiger partial charge is 0.498 e. The Hall–Kier alpha value is -0.945. The minimum atomic E-state index is -0.566. The Morgan fingerprint density at radius 3 is 2.32 bits per heavy atom. The highest BCUT2D eigenvalue weighted by molar-refractivity contribution is 6.63. The van der Waals surface area contributed by atoms with E-state index in [1.54, 1.807) is 13.2 Å². The fourth-order valence-corrected chi connectivity index (χ4v) is 2.99. The van der Waals surface area contributed by atoms with Crippen molar-refractivity contribution in [1.29, 1.82) is 0 Å². The molecular formula is C18H26BClO5. The van der Waals surface area contributed by atoms with Crippen molar-refractivity contribution >= 4 is 24.2 Å². The second-order valence-electron chi connectivity index (χ2n) is 7.63. The molecule has 2 fully saturated rings. The van der Waals surface area contributed by atoms with Gasteiger partial charge in [-0.25, -0.2) is 0 Å². The van der Waals surface area contributed by atoms with Crippen LogP contribution in [0.15, 0.2) is 12.1 Å². The maximum Gasteiger partial charge on any atom is 0.498 e. The van der Waals surface area contributed by atoms with Gasteiger partial charge < -0.3 is 23.5 Å². The lowest BCUT2D eigenvalue weighted by Gasteiger charge is -2.32. The fourth-order valence-electron chi connectivity index (χ4n) is 2.72. The Labute approximate surface area is 155 Å². The van der Waals surface area contributed by atoms with Gasteiger partial charge in [-0.2, -0.15) is 0 Å². The van der Waals surface area contributed by atoms with Gasteiger partial charge in [0.05, 0.1) is 22.3 Å². The smallest absolute Gasteiger partial charge is 0.489 e. The fraction of sp³-hybridized carbons (Fsp3) is 0.667. The molecule has 3 rings (SSSR count). The molecule has 0 unspecified atom stereocenters. The zero-order valence-corrected chi connectivity index (χ0v) is 16.3. The van der Waals surface area contributed by atoms with Gasteiger partial charge in [-0.05, 0) is 53.0 Å². The van der Waals surface area contributed by atoms with Crippen LogP contribution >= 0.6 is 11.6 Å². The van der Waals surface area contributed by atoms with E-state index in [-0.39, 0.29) is 12.9 Å². The Kier molecular flexibility index (Phi) is 5.27. The molecule has 0 spiro atoms. The highest BCUT2D eigenvalue weighted by Gasteiger charge is 2.53. The van der Waals surface area contributed by atoms with E-state index in [2.05, 4.69) is 0 Å². The molecule has 0 amide bonds. The zero-order valence-electron chi connectivity index (χ0n) is 15.6. The number of benzene rings is 1. The third-order valence-electron chi connectivity index (χ3n) is 5.23. The van der Waals surface area contributed by atoms with Crippen LogP contribution < -0.4 is 14.9 Å². The minimum absolute atomic E-state index is 0.141. The molecule has 5 nitrogen and oxygen atoms in total. The third-order valence-corrected chi connectivity index (χ3v) is 5.51. The van der Waals surface area contributed by atoms with E-state index < -0.39 is 18.3 Å². The van der Waals surface area contributed by atoms with Crippen LogP contribution in [0.5, 0.6) is 11.5 Å². The molecule has 0 bridgehead atoms. The SMILES string of the molecule is COCOc1cc(Cl)c(OC2CCC2)c(B2OC(C)(C)C(C)(C)O2)c1. The Morgan fingerprint density at radius 1 is 1.16 bits per heavy atom. The van der Waals surface area contributed by atoms with Crippen molar-refractivity contribution in [2.24, 2.45) is 0 Å². The number of hydrogen-bond acceptors (Lipinski definition) is 5. The van der Waals surface area contributed by atoms with E-state index in [1.807, 2.05) is 33.8 Å². The Bertz CT molecular complexity index is 614. The highest BCUT2D eigenvalue weighted by Crippen LogP contribution is 2.39. The number of ether oxygens (including phenoxy) is 3. The van der Waals surface area contributed by atoms with E-state index >= 15 is 0 Å². The molecule has 1 saturated heterocycles. The second-order valence-corrected chi connectivity index (χ2v) is 8.04. The quantitative estimate of drug-likeness (QED) is 0.567. The molecular weight excluding hydrogens is 342 g/mol. The van der Waals surface area contributed by atoms with Crippen molar-refractivity contribution < 1.29 is 23.5 Å². The first-order chi connectivity index (χ1) is 11.7. The van der Waals surface area contributed by atoms with Crippen molar-refractivity contribution in [3.8, 4) is 11.5 Å². The molecule has 7 heteroatoms. The molecule has 25 heavy (non-hydrogen) atoms. The first-order valence-electron chi connectivity index (χ1n) is 8.71. The summed E-state index contributed by atoms with van der Waals surface area (Å²) in [5.74, 6) is 1.21. The van der Waals surface area contributed by atoms with Gasteiger partial charge in [0.25, 0.3) is 0 Å². The molecule has 1 aliphatic carbocycles. The number of halogens is 1.